The van der Waals surface area contributed by atoms with E-state index in [1.807, 2.05) is 48.2 Å². The van der Waals surface area contributed by atoms with Gasteiger partial charge in [0, 0.05) is 42.1 Å². The van der Waals surface area contributed by atoms with Gasteiger partial charge in [0.1, 0.15) is 11.9 Å². The maximum atomic E-state index is 13.2. The van der Waals surface area contributed by atoms with Crippen LogP contribution >= 0.6 is 0 Å². The highest BCUT2D eigenvalue weighted by Crippen LogP contribution is 2.39. The fourth-order valence-electron chi connectivity index (χ4n) is 3.70. The van der Waals surface area contributed by atoms with Crippen LogP contribution in [0.1, 0.15) is 56.2 Å². The van der Waals surface area contributed by atoms with E-state index in [1.54, 1.807) is 6.07 Å². The Morgan fingerprint density at radius 3 is 2.48 bits per heavy atom. The van der Waals surface area contributed by atoms with Crippen LogP contribution in [-0.4, -0.2) is 35.0 Å². The SMILES string of the molecule is CC[C@H](C)N1C(=O)c2ccccc2N[C@@H]1c1ccc(N(CC)CC)cc1O. The number of phenolic OH excluding ortho intramolecular Hbond substituents is 1. The van der Waals surface area contributed by atoms with E-state index in [0.29, 0.717) is 11.1 Å². The third-order valence-corrected chi connectivity index (χ3v) is 5.47. The van der Waals surface area contributed by atoms with Gasteiger partial charge in [-0.3, -0.25) is 4.79 Å². The molecule has 0 fully saturated rings. The number of carbonyl (C=O) groups excluding carboxylic acids is 1. The van der Waals surface area contributed by atoms with E-state index in [-0.39, 0.29) is 17.7 Å². The van der Waals surface area contributed by atoms with E-state index in [2.05, 4.69) is 31.0 Å². The van der Waals surface area contributed by atoms with Gasteiger partial charge in [0.25, 0.3) is 5.91 Å². The zero-order valence-electron chi connectivity index (χ0n) is 16.6. The summed E-state index contributed by atoms with van der Waals surface area (Å²) in [5.41, 5.74) is 3.18. The lowest BCUT2D eigenvalue weighted by atomic mass is 10.00. The summed E-state index contributed by atoms with van der Waals surface area (Å²) < 4.78 is 0. The average Bonchev–Trinajstić information content (AvgIpc) is 2.68. The second-order valence-electron chi connectivity index (χ2n) is 6.98. The van der Waals surface area contributed by atoms with Gasteiger partial charge in [-0.25, -0.2) is 0 Å². The molecular formula is C22H29N3O2. The monoisotopic (exact) mass is 367 g/mol. The molecule has 1 amide bonds. The minimum atomic E-state index is -0.395. The van der Waals surface area contributed by atoms with E-state index < -0.39 is 6.17 Å². The highest BCUT2D eigenvalue weighted by atomic mass is 16.3. The molecular weight excluding hydrogens is 338 g/mol. The number of amides is 1. The van der Waals surface area contributed by atoms with E-state index in [4.69, 9.17) is 0 Å². The molecule has 0 saturated heterocycles. The summed E-state index contributed by atoms with van der Waals surface area (Å²) in [6.45, 7) is 10.1. The molecule has 5 nitrogen and oxygen atoms in total. The van der Waals surface area contributed by atoms with Crippen molar-refractivity contribution in [1.82, 2.24) is 4.90 Å². The molecule has 0 saturated carbocycles. The Morgan fingerprint density at radius 1 is 1.15 bits per heavy atom. The van der Waals surface area contributed by atoms with Gasteiger partial charge >= 0.3 is 0 Å². The predicted octanol–water partition coefficient (Wildman–Crippen LogP) is 4.60. The van der Waals surface area contributed by atoms with Gasteiger partial charge < -0.3 is 20.2 Å². The number of nitrogens with one attached hydrogen (secondary N) is 1. The Morgan fingerprint density at radius 2 is 1.85 bits per heavy atom. The first-order valence-corrected chi connectivity index (χ1v) is 9.77. The van der Waals surface area contributed by atoms with Crippen molar-refractivity contribution < 1.29 is 9.90 Å². The number of anilines is 2. The Hall–Kier alpha value is -2.69. The maximum absolute atomic E-state index is 13.2. The van der Waals surface area contributed by atoms with Crippen LogP contribution in [0.5, 0.6) is 5.75 Å². The predicted molar refractivity (Wildman–Crippen MR) is 110 cm³/mol. The van der Waals surface area contributed by atoms with Crippen molar-refractivity contribution in [2.24, 2.45) is 0 Å². The molecule has 2 N–H and O–H groups in total. The first-order chi connectivity index (χ1) is 13.0. The molecule has 0 aromatic heterocycles. The smallest absolute Gasteiger partial charge is 0.258 e. The molecule has 1 aliphatic rings. The van der Waals surface area contributed by atoms with Crippen LogP contribution < -0.4 is 10.2 Å². The van der Waals surface area contributed by atoms with Gasteiger partial charge in [-0.1, -0.05) is 19.1 Å². The van der Waals surface area contributed by atoms with Crippen LogP contribution in [0.25, 0.3) is 0 Å². The highest BCUT2D eigenvalue weighted by molar-refractivity contribution is 6.02. The van der Waals surface area contributed by atoms with Gasteiger partial charge in [0.15, 0.2) is 0 Å². The molecule has 1 aliphatic heterocycles. The number of nitrogens with zero attached hydrogens (tertiary/aromatic N) is 2. The topological polar surface area (TPSA) is 55.8 Å². The van der Waals surface area contributed by atoms with Gasteiger partial charge in [-0.15, -0.1) is 0 Å². The molecule has 0 spiro atoms. The van der Waals surface area contributed by atoms with Crippen molar-refractivity contribution in [3.63, 3.8) is 0 Å². The molecule has 2 aromatic rings. The number of para-hydroxylation sites is 1. The molecule has 144 valence electrons. The minimum absolute atomic E-state index is 0.00378. The Bertz CT molecular complexity index is 817. The first kappa shape index (κ1) is 19.1. The number of carbonyl (C=O) groups is 1. The van der Waals surface area contributed by atoms with Crippen molar-refractivity contribution in [3.8, 4) is 5.75 Å². The number of hydrogen-bond donors (Lipinski definition) is 2. The van der Waals surface area contributed by atoms with Crippen molar-refractivity contribution in [3.05, 3.63) is 53.6 Å². The summed E-state index contributed by atoms with van der Waals surface area (Å²) >= 11 is 0. The van der Waals surface area contributed by atoms with Crippen LogP contribution in [0.4, 0.5) is 11.4 Å². The molecule has 1 heterocycles. The minimum Gasteiger partial charge on any atom is -0.507 e. The maximum Gasteiger partial charge on any atom is 0.258 e. The van der Waals surface area contributed by atoms with Crippen molar-refractivity contribution >= 4 is 17.3 Å². The van der Waals surface area contributed by atoms with Crippen molar-refractivity contribution in [2.45, 2.75) is 46.3 Å². The Labute approximate surface area is 161 Å². The molecule has 0 aliphatic carbocycles. The quantitative estimate of drug-likeness (QED) is 0.783. The van der Waals surface area contributed by atoms with E-state index >= 15 is 0 Å². The molecule has 27 heavy (non-hydrogen) atoms. The highest BCUT2D eigenvalue weighted by Gasteiger charge is 2.36. The summed E-state index contributed by atoms with van der Waals surface area (Å²) in [7, 11) is 0. The third kappa shape index (κ3) is 3.46. The number of fused-ring (bicyclic) bond motifs is 1. The van der Waals surface area contributed by atoms with Crippen LogP contribution in [0.15, 0.2) is 42.5 Å². The van der Waals surface area contributed by atoms with Gasteiger partial charge in [0.05, 0.1) is 5.56 Å². The lowest BCUT2D eigenvalue weighted by Crippen LogP contribution is -2.47. The molecule has 5 heteroatoms. The number of hydrogen-bond acceptors (Lipinski definition) is 4. The summed E-state index contributed by atoms with van der Waals surface area (Å²) in [5.74, 6) is 0.202. The number of rotatable bonds is 6. The first-order valence-electron chi connectivity index (χ1n) is 9.77. The van der Waals surface area contributed by atoms with Crippen molar-refractivity contribution in [2.75, 3.05) is 23.3 Å². The van der Waals surface area contributed by atoms with Gasteiger partial charge in [-0.05, 0) is 51.5 Å². The lowest BCUT2D eigenvalue weighted by Gasteiger charge is -2.41. The fraction of sp³-hybridized carbons (Fsp3) is 0.409. The second-order valence-corrected chi connectivity index (χ2v) is 6.98. The Kier molecular flexibility index (Phi) is 5.59. The van der Waals surface area contributed by atoms with Gasteiger partial charge in [0.2, 0.25) is 0 Å². The summed E-state index contributed by atoms with van der Waals surface area (Å²) in [5, 5.41) is 14.2. The molecule has 3 rings (SSSR count). The third-order valence-electron chi connectivity index (χ3n) is 5.47. The van der Waals surface area contributed by atoms with Crippen LogP contribution in [-0.2, 0) is 0 Å². The van der Waals surface area contributed by atoms with Gasteiger partial charge in [-0.2, -0.15) is 0 Å². The van der Waals surface area contributed by atoms with Crippen molar-refractivity contribution in [1.29, 1.82) is 0 Å². The summed E-state index contributed by atoms with van der Waals surface area (Å²) in [6.07, 6.45) is 0.442. The number of aromatic hydroxyl groups is 1. The largest absolute Gasteiger partial charge is 0.507 e. The zero-order valence-corrected chi connectivity index (χ0v) is 16.6. The average molecular weight is 367 g/mol. The molecule has 2 aromatic carbocycles. The summed E-state index contributed by atoms with van der Waals surface area (Å²) in [6, 6.07) is 13.3. The van der Waals surface area contributed by atoms with E-state index in [1.165, 1.54) is 0 Å². The molecule has 0 radical (unpaired) electrons. The second kappa shape index (κ2) is 7.91. The molecule has 0 bridgehead atoms. The fourth-order valence-corrected chi connectivity index (χ4v) is 3.70. The van der Waals surface area contributed by atoms with Crippen LogP contribution in [0.3, 0.4) is 0 Å². The number of phenols is 1. The van der Waals surface area contributed by atoms with Crippen LogP contribution in [0.2, 0.25) is 0 Å². The van der Waals surface area contributed by atoms with E-state index in [0.717, 1.165) is 30.9 Å². The standard InChI is InChI=1S/C22H29N3O2/c1-5-15(4)25-21(23-19-11-9-8-10-17(19)22(25)27)18-13-12-16(14-20(18)26)24(6-2)7-3/h8-15,21,23,26H,5-7H2,1-4H3/t15-,21-/m0/s1. The lowest BCUT2D eigenvalue weighted by molar-refractivity contribution is 0.0591. The van der Waals surface area contributed by atoms with E-state index in [9.17, 15) is 9.90 Å². The number of benzene rings is 2. The molecule has 2 atom stereocenters. The normalized spacial score (nSPS) is 17.3. The zero-order chi connectivity index (χ0) is 19.6. The Balaban J connectivity index is 2.04. The van der Waals surface area contributed by atoms with Crippen LogP contribution in [0, 0.1) is 0 Å². The summed E-state index contributed by atoms with van der Waals surface area (Å²) in [4.78, 5) is 17.2. The molecule has 0 unspecified atom stereocenters.